The number of rotatable bonds is 2. The van der Waals surface area contributed by atoms with Gasteiger partial charge in [0.05, 0.1) is 19.1 Å². The Bertz CT molecular complexity index is 563. The number of anilines is 1. The van der Waals surface area contributed by atoms with Crippen LogP contribution in [-0.4, -0.2) is 28.2 Å². The summed E-state index contributed by atoms with van der Waals surface area (Å²) in [6.07, 6.45) is 3.58. The van der Waals surface area contributed by atoms with Gasteiger partial charge in [-0.2, -0.15) is 0 Å². The summed E-state index contributed by atoms with van der Waals surface area (Å²) in [5.74, 6) is -0.0212. The van der Waals surface area contributed by atoms with Gasteiger partial charge in [0.25, 0.3) is 0 Å². The van der Waals surface area contributed by atoms with E-state index in [1.165, 1.54) is 0 Å². The number of amides is 1. The first-order chi connectivity index (χ1) is 8.74. The molecule has 4 heteroatoms. The molecule has 1 aliphatic rings. The fraction of sp³-hybridized carbons (Fsp3) is 0.214. The number of aliphatic hydroxyl groups is 1. The minimum atomic E-state index is -0.548. The van der Waals surface area contributed by atoms with Gasteiger partial charge in [0, 0.05) is 23.8 Å². The van der Waals surface area contributed by atoms with E-state index in [2.05, 4.69) is 0 Å². The standard InChI is InChI=1S/C14H14N2O2/c17-13-9-14(18)16(10-13)12-5-3-4-11(8-12)15-6-1-2-7-15/h1-8,13,17H,9-10H2. The van der Waals surface area contributed by atoms with Crippen LogP contribution in [0.3, 0.4) is 0 Å². The van der Waals surface area contributed by atoms with E-state index >= 15 is 0 Å². The van der Waals surface area contributed by atoms with Gasteiger partial charge >= 0.3 is 0 Å². The van der Waals surface area contributed by atoms with Gasteiger partial charge in [0.15, 0.2) is 0 Å². The van der Waals surface area contributed by atoms with E-state index in [1.807, 2.05) is 53.4 Å². The molecule has 92 valence electrons. The summed E-state index contributed by atoms with van der Waals surface area (Å²) in [6.45, 7) is 0.383. The van der Waals surface area contributed by atoms with Gasteiger partial charge in [-0.1, -0.05) is 6.07 Å². The fourth-order valence-electron chi connectivity index (χ4n) is 2.27. The first-order valence-corrected chi connectivity index (χ1v) is 5.96. The van der Waals surface area contributed by atoms with Crippen LogP contribution < -0.4 is 4.90 Å². The number of carbonyl (C=O) groups is 1. The molecule has 3 rings (SSSR count). The number of nitrogens with zero attached hydrogens (tertiary/aromatic N) is 2. The van der Waals surface area contributed by atoms with Gasteiger partial charge in [0.1, 0.15) is 0 Å². The first-order valence-electron chi connectivity index (χ1n) is 5.96. The van der Waals surface area contributed by atoms with Crippen LogP contribution in [0.15, 0.2) is 48.8 Å². The van der Waals surface area contributed by atoms with E-state index in [1.54, 1.807) is 4.90 Å². The van der Waals surface area contributed by atoms with Crippen LogP contribution in [0.4, 0.5) is 5.69 Å². The smallest absolute Gasteiger partial charge is 0.229 e. The number of hydrogen-bond donors (Lipinski definition) is 1. The summed E-state index contributed by atoms with van der Waals surface area (Å²) in [5, 5.41) is 9.52. The number of aromatic nitrogens is 1. The molecule has 0 saturated carbocycles. The zero-order valence-corrected chi connectivity index (χ0v) is 9.86. The van der Waals surface area contributed by atoms with E-state index in [9.17, 15) is 9.90 Å². The molecule has 0 radical (unpaired) electrons. The minimum Gasteiger partial charge on any atom is -0.391 e. The molecule has 1 unspecified atom stereocenters. The maximum atomic E-state index is 11.7. The Morgan fingerprint density at radius 3 is 2.50 bits per heavy atom. The Balaban J connectivity index is 1.94. The third-order valence-electron chi connectivity index (χ3n) is 3.15. The Labute approximate surface area is 105 Å². The Morgan fingerprint density at radius 2 is 1.83 bits per heavy atom. The van der Waals surface area contributed by atoms with Crippen molar-refractivity contribution < 1.29 is 9.90 Å². The van der Waals surface area contributed by atoms with Gasteiger partial charge in [-0.25, -0.2) is 0 Å². The highest BCUT2D eigenvalue weighted by molar-refractivity contribution is 5.96. The molecule has 0 bridgehead atoms. The van der Waals surface area contributed by atoms with Crippen LogP contribution in [0.2, 0.25) is 0 Å². The molecule has 1 amide bonds. The third kappa shape index (κ3) is 1.91. The number of hydrogen-bond acceptors (Lipinski definition) is 2. The molecule has 4 nitrogen and oxygen atoms in total. The van der Waals surface area contributed by atoms with E-state index in [0.29, 0.717) is 6.54 Å². The normalized spacial score (nSPS) is 19.5. The van der Waals surface area contributed by atoms with E-state index < -0.39 is 6.10 Å². The van der Waals surface area contributed by atoms with Crippen molar-refractivity contribution in [2.45, 2.75) is 12.5 Å². The molecule has 1 fully saturated rings. The largest absolute Gasteiger partial charge is 0.391 e. The summed E-state index contributed by atoms with van der Waals surface area (Å²) >= 11 is 0. The average Bonchev–Trinajstić information content (AvgIpc) is 2.99. The number of aliphatic hydroxyl groups excluding tert-OH is 1. The second-order valence-corrected chi connectivity index (χ2v) is 4.47. The lowest BCUT2D eigenvalue weighted by molar-refractivity contribution is -0.117. The van der Waals surface area contributed by atoms with Crippen molar-refractivity contribution in [2.24, 2.45) is 0 Å². The molecular formula is C14H14N2O2. The minimum absolute atomic E-state index is 0.0212. The highest BCUT2D eigenvalue weighted by Crippen LogP contribution is 2.23. The van der Waals surface area contributed by atoms with Crippen LogP contribution in [-0.2, 0) is 4.79 Å². The maximum absolute atomic E-state index is 11.7. The highest BCUT2D eigenvalue weighted by Gasteiger charge is 2.29. The second kappa shape index (κ2) is 4.31. The van der Waals surface area contributed by atoms with Crippen molar-refractivity contribution in [3.05, 3.63) is 48.8 Å². The number of benzene rings is 1. The van der Waals surface area contributed by atoms with Gasteiger partial charge in [-0.3, -0.25) is 4.79 Å². The predicted molar refractivity (Wildman–Crippen MR) is 68.7 cm³/mol. The van der Waals surface area contributed by atoms with Crippen LogP contribution in [0.1, 0.15) is 6.42 Å². The zero-order valence-electron chi connectivity index (χ0n) is 9.86. The van der Waals surface area contributed by atoms with E-state index in [0.717, 1.165) is 11.4 Å². The molecular weight excluding hydrogens is 228 g/mol. The fourth-order valence-corrected chi connectivity index (χ4v) is 2.27. The topological polar surface area (TPSA) is 45.5 Å². The second-order valence-electron chi connectivity index (χ2n) is 4.47. The molecule has 1 atom stereocenters. The zero-order chi connectivity index (χ0) is 12.5. The van der Waals surface area contributed by atoms with Crippen LogP contribution in [0.5, 0.6) is 0 Å². The predicted octanol–water partition coefficient (Wildman–Crippen LogP) is 1.57. The molecule has 1 aromatic carbocycles. The summed E-state index contributed by atoms with van der Waals surface area (Å²) < 4.78 is 1.99. The Hall–Kier alpha value is -2.07. The van der Waals surface area contributed by atoms with E-state index in [-0.39, 0.29) is 12.3 Å². The van der Waals surface area contributed by atoms with E-state index in [4.69, 9.17) is 0 Å². The lowest BCUT2D eigenvalue weighted by Gasteiger charge is -2.17. The average molecular weight is 242 g/mol. The summed E-state index contributed by atoms with van der Waals surface area (Å²) in [4.78, 5) is 13.4. The third-order valence-corrected chi connectivity index (χ3v) is 3.15. The monoisotopic (exact) mass is 242 g/mol. The quantitative estimate of drug-likeness (QED) is 0.869. The molecule has 1 N–H and O–H groups in total. The van der Waals surface area contributed by atoms with Crippen LogP contribution in [0.25, 0.3) is 5.69 Å². The van der Waals surface area contributed by atoms with Crippen molar-refractivity contribution in [3.8, 4) is 5.69 Å². The van der Waals surface area contributed by atoms with Crippen LogP contribution in [0, 0.1) is 0 Å². The van der Waals surface area contributed by atoms with Gasteiger partial charge in [0.2, 0.25) is 5.91 Å². The summed E-state index contributed by atoms with van der Waals surface area (Å²) in [7, 11) is 0. The SMILES string of the molecule is O=C1CC(O)CN1c1cccc(-n2cccc2)c1. The Morgan fingerprint density at radius 1 is 1.11 bits per heavy atom. The van der Waals surface area contributed by atoms with Crippen molar-refractivity contribution in [2.75, 3.05) is 11.4 Å². The Kier molecular flexibility index (Phi) is 2.64. The molecule has 18 heavy (non-hydrogen) atoms. The van der Waals surface area contributed by atoms with Crippen molar-refractivity contribution in [3.63, 3.8) is 0 Å². The van der Waals surface area contributed by atoms with Crippen LogP contribution >= 0.6 is 0 Å². The number of carbonyl (C=O) groups excluding carboxylic acids is 1. The van der Waals surface area contributed by atoms with Crippen molar-refractivity contribution in [1.29, 1.82) is 0 Å². The lowest BCUT2D eigenvalue weighted by Crippen LogP contribution is -2.25. The molecule has 1 aliphatic heterocycles. The highest BCUT2D eigenvalue weighted by atomic mass is 16.3. The molecule has 2 heterocycles. The van der Waals surface area contributed by atoms with Crippen molar-refractivity contribution >= 4 is 11.6 Å². The summed E-state index contributed by atoms with van der Waals surface area (Å²) in [6, 6.07) is 11.7. The molecule has 1 saturated heterocycles. The maximum Gasteiger partial charge on any atom is 0.229 e. The van der Waals surface area contributed by atoms with Crippen molar-refractivity contribution in [1.82, 2.24) is 4.57 Å². The molecule has 1 aromatic heterocycles. The first kappa shape index (κ1) is 11.0. The number of β-amino-alcohol motifs (C(OH)–C–C–N with tert-alkyl or cyclic N) is 1. The van der Waals surface area contributed by atoms with Gasteiger partial charge in [-0.05, 0) is 30.3 Å². The molecule has 0 aliphatic carbocycles. The van der Waals surface area contributed by atoms with Gasteiger partial charge < -0.3 is 14.6 Å². The molecule has 0 spiro atoms. The summed E-state index contributed by atoms with van der Waals surface area (Å²) in [5.41, 5.74) is 1.84. The van der Waals surface area contributed by atoms with Gasteiger partial charge in [-0.15, -0.1) is 0 Å². The molecule has 2 aromatic rings. The lowest BCUT2D eigenvalue weighted by atomic mass is 10.2.